The lowest BCUT2D eigenvalue weighted by atomic mass is 9.85. The molecule has 0 saturated carbocycles. The van der Waals surface area contributed by atoms with Crippen LogP contribution in [0.2, 0.25) is 0 Å². The second kappa shape index (κ2) is 22.2. The van der Waals surface area contributed by atoms with Crippen LogP contribution in [0.3, 0.4) is 0 Å². The lowest BCUT2D eigenvalue weighted by Crippen LogP contribution is -2.58. The van der Waals surface area contributed by atoms with Crippen LogP contribution in [0.25, 0.3) is 21.3 Å². The van der Waals surface area contributed by atoms with E-state index < -0.39 is 58.8 Å². The predicted molar refractivity (Wildman–Crippen MR) is 263 cm³/mol. The van der Waals surface area contributed by atoms with Gasteiger partial charge in [-0.05, 0) is 75.1 Å². The lowest BCUT2D eigenvalue weighted by Gasteiger charge is -2.43. The fraction of sp³-hybridized carbons (Fsp3) is 0.509. The third-order valence-corrected chi connectivity index (χ3v) is 14.0. The smallest absolute Gasteiger partial charge is 0.246 e. The fourth-order valence-corrected chi connectivity index (χ4v) is 10.4. The van der Waals surface area contributed by atoms with Gasteiger partial charge < -0.3 is 35.1 Å². The SMILES string of the molecule is Cc1ncsc1-c1ccc(CNC(=O)[C@@H]2C[C@@H](O)CN2C(=O)[C@@H](NC(=O)COCCCCCCCOc2cc(F)c([C@@H]3c4[nH]c5ccccc5c4C[C@@H](C)N3CC(C)(C)F)c(F)c2)C(C)(C)C)cc1. The Morgan fingerprint density at radius 2 is 1.65 bits per heavy atom. The average molecular weight is 973 g/mol. The summed E-state index contributed by atoms with van der Waals surface area (Å²) < 4.78 is 58.7. The highest BCUT2D eigenvalue weighted by Crippen LogP contribution is 2.44. The van der Waals surface area contributed by atoms with Crippen molar-refractivity contribution in [1.29, 1.82) is 0 Å². The highest BCUT2D eigenvalue weighted by atomic mass is 32.1. The minimum absolute atomic E-state index is 0.00406. The maximum Gasteiger partial charge on any atom is 0.246 e. The summed E-state index contributed by atoms with van der Waals surface area (Å²) in [6.45, 7) is 12.9. The molecule has 5 aromatic rings. The van der Waals surface area contributed by atoms with Crippen molar-refractivity contribution in [3.63, 3.8) is 0 Å². The van der Waals surface area contributed by atoms with Crippen LogP contribution in [-0.4, -0.2) is 105 Å². The molecule has 12 nitrogen and oxygen atoms in total. The zero-order chi connectivity index (χ0) is 49.6. The maximum absolute atomic E-state index is 16.1. The Morgan fingerprint density at radius 1 is 0.971 bits per heavy atom. The second-order valence-corrected chi connectivity index (χ2v) is 21.2. The van der Waals surface area contributed by atoms with Gasteiger partial charge in [-0.15, -0.1) is 11.3 Å². The number of thiazole rings is 1. The topological polar surface area (TPSA) is 149 Å². The van der Waals surface area contributed by atoms with E-state index in [-0.39, 0.29) is 62.5 Å². The number of aromatic amines is 1. The van der Waals surface area contributed by atoms with E-state index >= 15 is 13.2 Å². The van der Waals surface area contributed by atoms with Crippen LogP contribution < -0.4 is 15.4 Å². The molecule has 0 spiro atoms. The molecule has 4 N–H and O–H groups in total. The van der Waals surface area contributed by atoms with Crippen LogP contribution in [-0.2, 0) is 32.1 Å². The molecule has 0 bridgehead atoms. The van der Waals surface area contributed by atoms with Crippen molar-refractivity contribution in [3.8, 4) is 16.2 Å². The number of ether oxygens (including phenoxy) is 2. The Balaban J connectivity index is 0.826. The quantitative estimate of drug-likeness (QED) is 0.0565. The number of rotatable bonds is 20. The molecule has 3 aromatic carbocycles. The maximum atomic E-state index is 16.1. The molecule has 0 radical (unpaired) electrons. The van der Waals surface area contributed by atoms with Crippen molar-refractivity contribution in [2.45, 2.75) is 136 Å². The van der Waals surface area contributed by atoms with Crippen molar-refractivity contribution >= 4 is 40.0 Å². The Kier molecular flexibility index (Phi) is 16.6. The summed E-state index contributed by atoms with van der Waals surface area (Å²) in [5, 5.41) is 17.3. The van der Waals surface area contributed by atoms with Gasteiger partial charge in [0.1, 0.15) is 41.7 Å². The molecule has 2 aliphatic rings. The van der Waals surface area contributed by atoms with Crippen LogP contribution >= 0.6 is 11.3 Å². The van der Waals surface area contributed by atoms with Crippen LogP contribution in [0.5, 0.6) is 5.75 Å². The molecule has 0 unspecified atom stereocenters. The van der Waals surface area contributed by atoms with E-state index in [2.05, 4.69) is 20.6 Å². The number of benzene rings is 3. The third-order valence-electron chi connectivity index (χ3n) is 13.0. The molecule has 69 heavy (non-hydrogen) atoms. The van der Waals surface area contributed by atoms with Crippen molar-refractivity contribution in [3.05, 3.63) is 106 Å². The number of hydrogen-bond donors (Lipinski definition) is 4. The number of H-pyrrole nitrogens is 1. The van der Waals surface area contributed by atoms with E-state index in [0.717, 1.165) is 57.4 Å². The summed E-state index contributed by atoms with van der Waals surface area (Å²) in [6, 6.07) is 15.2. The Labute approximate surface area is 407 Å². The van der Waals surface area contributed by atoms with Gasteiger partial charge in [-0.2, -0.15) is 0 Å². The summed E-state index contributed by atoms with van der Waals surface area (Å²) in [5.41, 5.74) is 4.79. The van der Waals surface area contributed by atoms with Gasteiger partial charge in [0.25, 0.3) is 0 Å². The number of unbranched alkanes of at least 4 members (excludes halogenated alkanes) is 4. The number of β-amino-alcohol motifs (C(OH)–C–C–N with tert-alkyl or cyclic N) is 1. The van der Waals surface area contributed by atoms with Crippen molar-refractivity contribution in [1.82, 2.24) is 30.4 Å². The number of likely N-dealkylation sites (tertiary alicyclic amines) is 1. The molecule has 3 amide bonds. The van der Waals surface area contributed by atoms with E-state index in [1.54, 1.807) is 16.8 Å². The predicted octanol–water partition coefficient (Wildman–Crippen LogP) is 9.12. The molecule has 2 aliphatic heterocycles. The molecule has 2 aromatic heterocycles. The highest BCUT2D eigenvalue weighted by molar-refractivity contribution is 7.13. The number of aromatic nitrogens is 2. The fourth-order valence-electron chi connectivity index (χ4n) is 9.58. The summed E-state index contributed by atoms with van der Waals surface area (Å²) in [7, 11) is 0. The number of fused-ring (bicyclic) bond motifs is 3. The molecule has 7 rings (SSSR count). The average Bonchev–Trinajstić information content (AvgIpc) is 4.01. The molecular weight excluding hydrogens is 906 g/mol. The van der Waals surface area contributed by atoms with Gasteiger partial charge >= 0.3 is 0 Å². The van der Waals surface area contributed by atoms with Crippen molar-refractivity contribution in [2.75, 3.05) is 32.9 Å². The highest BCUT2D eigenvalue weighted by Gasteiger charge is 2.45. The largest absolute Gasteiger partial charge is 0.493 e. The molecule has 4 heterocycles. The van der Waals surface area contributed by atoms with Crippen LogP contribution in [0, 0.1) is 24.0 Å². The van der Waals surface area contributed by atoms with E-state index in [1.165, 1.54) is 30.9 Å². The Hall–Kier alpha value is -5.29. The minimum Gasteiger partial charge on any atom is -0.493 e. The number of nitrogens with one attached hydrogen (secondary N) is 3. The molecule has 372 valence electrons. The van der Waals surface area contributed by atoms with Crippen molar-refractivity contribution < 1.29 is 42.1 Å². The van der Waals surface area contributed by atoms with Gasteiger partial charge in [-0.25, -0.2) is 18.2 Å². The number of carbonyl (C=O) groups is 3. The number of amides is 3. The zero-order valence-electron chi connectivity index (χ0n) is 40.8. The monoisotopic (exact) mass is 972 g/mol. The zero-order valence-corrected chi connectivity index (χ0v) is 41.6. The van der Waals surface area contributed by atoms with Crippen LogP contribution in [0.1, 0.15) is 114 Å². The van der Waals surface area contributed by atoms with E-state index in [9.17, 15) is 19.5 Å². The van der Waals surface area contributed by atoms with Gasteiger partial charge in [0.05, 0.1) is 34.8 Å². The molecule has 1 saturated heterocycles. The summed E-state index contributed by atoms with van der Waals surface area (Å²) in [5.74, 6) is -2.69. The number of aliphatic hydroxyl groups is 1. The van der Waals surface area contributed by atoms with Gasteiger partial charge in [-0.1, -0.05) is 82.5 Å². The molecule has 5 atom stereocenters. The first-order chi connectivity index (χ1) is 32.8. The van der Waals surface area contributed by atoms with Gasteiger partial charge in [0.2, 0.25) is 17.7 Å². The van der Waals surface area contributed by atoms with Crippen molar-refractivity contribution in [2.24, 2.45) is 5.41 Å². The number of alkyl halides is 1. The van der Waals surface area contributed by atoms with Crippen LogP contribution in [0.15, 0.2) is 66.2 Å². The second-order valence-electron chi connectivity index (χ2n) is 20.3. The Morgan fingerprint density at radius 3 is 2.32 bits per heavy atom. The molecule has 1 fully saturated rings. The number of hydrogen-bond acceptors (Lipinski definition) is 9. The van der Waals surface area contributed by atoms with Gasteiger partial charge in [0, 0.05) is 73.0 Å². The first-order valence-corrected chi connectivity index (χ1v) is 25.0. The van der Waals surface area contributed by atoms with Crippen LogP contribution in [0.4, 0.5) is 13.2 Å². The third kappa shape index (κ3) is 12.7. The molecule has 0 aliphatic carbocycles. The lowest BCUT2D eigenvalue weighted by molar-refractivity contribution is -0.144. The van der Waals surface area contributed by atoms with Gasteiger partial charge in [-0.3, -0.25) is 19.3 Å². The summed E-state index contributed by atoms with van der Waals surface area (Å²) in [4.78, 5) is 52.5. The minimum atomic E-state index is -1.59. The van der Waals surface area contributed by atoms with Gasteiger partial charge in [0.15, 0.2) is 0 Å². The standard InChI is InChI=1S/C53H67F3N6O6S/c1-32-23-39-38-15-11-12-16-42(38)59-46(39)47(62(32)30-53(6,7)56)45-40(54)25-37(26-41(45)55)68-22-14-10-8-9-13-21-67-29-44(64)60-49(52(3,4)5)51(66)61-28-36(63)24-43(61)50(65)57-27-34-17-19-35(20-18-34)48-33(2)58-31-69-48/h11-12,15-20,25-26,31-32,36,43,47,49,59,63H,8-10,13-14,21-24,27-30H2,1-7H3,(H,57,65)(H,60,64)/t32-,36-,43+,47-,49-/m1/s1. The Bertz CT molecular complexity index is 2550. The van der Waals surface area contributed by atoms with E-state index in [1.807, 2.05) is 88.0 Å². The molecular formula is C53H67F3N6O6S. The number of aryl methyl sites for hydroxylation is 1. The first kappa shape index (κ1) is 51.6. The number of aliphatic hydroxyl groups excluding tert-OH is 1. The number of carbonyl (C=O) groups excluding carboxylic acids is 3. The first-order valence-electron chi connectivity index (χ1n) is 24.1. The normalized spacial score (nSPS) is 19.1. The summed E-state index contributed by atoms with van der Waals surface area (Å²) >= 11 is 1.57. The number of halogens is 3. The number of para-hydroxylation sites is 1. The summed E-state index contributed by atoms with van der Waals surface area (Å²) in [6.07, 6.45) is 3.66. The number of nitrogens with zero attached hydrogens (tertiary/aromatic N) is 3. The van der Waals surface area contributed by atoms with E-state index in [4.69, 9.17) is 9.47 Å². The molecule has 16 heteroatoms. The van der Waals surface area contributed by atoms with E-state index in [0.29, 0.717) is 31.6 Å².